The van der Waals surface area contributed by atoms with Gasteiger partial charge in [0, 0.05) is 25.5 Å². The van der Waals surface area contributed by atoms with Gasteiger partial charge < -0.3 is 4.90 Å². The van der Waals surface area contributed by atoms with Gasteiger partial charge in [0.1, 0.15) is 0 Å². The monoisotopic (exact) mass is 457 g/mol. The first-order valence-corrected chi connectivity index (χ1v) is 12.2. The number of piperidine rings is 1. The quantitative estimate of drug-likeness (QED) is 0.379. The van der Waals surface area contributed by atoms with E-state index in [-0.39, 0.29) is 11.8 Å². The van der Waals surface area contributed by atoms with E-state index in [1.807, 2.05) is 41.3 Å². The third-order valence-electron chi connectivity index (χ3n) is 6.12. The Morgan fingerprint density at radius 1 is 1.06 bits per heavy atom. The van der Waals surface area contributed by atoms with E-state index in [1.54, 1.807) is 23.7 Å². The summed E-state index contributed by atoms with van der Waals surface area (Å²) in [5.74, 6) is 1.04. The molecular weight excluding hydrogens is 430 g/mol. The van der Waals surface area contributed by atoms with Gasteiger partial charge in [-0.3, -0.25) is 9.69 Å². The lowest BCUT2D eigenvalue weighted by Crippen LogP contribution is -2.44. The predicted octanol–water partition coefficient (Wildman–Crippen LogP) is 5.79. The fourth-order valence-corrected chi connectivity index (χ4v) is 5.29. The van der Waals surface area contributed by atoms with E-state index in [2.05, 4.69) is 46.9 Å². The van der Waals surface area contributed by atoms with Crippen LogP contribution < -0.4 is 9.80 Å². The number of carbonyl (C=O) groups excluding carboxylic acids is 1. The third-order valence-corrected chi connectivity index (χ3v) is 7.14. The van der Waals surface area contributed by atoms with Gasteiger partial charge in [-0.15, -0.1) is 0 Å². The molecule has 33 heavy (non-hydrogen) atoms. The molecule has 1 saturated heterocycles. The number of thiazole rings is 1. The Morgan fingerprint density at radius 2 is 1.82 bits per heavy atom. The third kappa shape index (κ3) is 4.46. The van der Waals surface area contributed by atoms with Crippen molar-refractivity contribution in [2.45, 2.75) is 32.6 Å². The van der Waals surface area contributed by atoms with Crippen LogP contribution in [0.3, 0.4) is 0 Å². The first-order valence-electron chi connectivity index (χ1n) is 11.4. The van der Waals surface area contributed by atoms with E-state index in [0.717, 1.165) is 35.3 Å². The molecule has 0 N–H and O–H groups in total. The number of amides is 1. The normalized spacial score (nSPS) is 16.3. The van der Waals surface area contributed by atoms with E-state index >= 15 is 0 Å². The molecule has 4 aromatic rings. The summed E-state index contributed by atoms with van der Waals surface area (Å²) < 4.78 is 1.08. The molecule has 5 rings (SSSR count). The molecule has 0 spiro atoms. The number of carbonyl (C=O) groups is 1. The Kier molecular flexibility index (Phi) is 6.05. The topological polar surface area (TPSA) is 62.2 Å². The lowest BCUT2D eigenvalue weighted by atomic mass is 9.96. The van der Waals surface area contributed by atoms with Crippen molar-refractivity contribution in [1.29, 1.82) is 0 Å². The van der Waals surface area contributed by atoms with Crippen molar-refractivity contribution in [2.75, 3.05) is 22.9 Å². The molecule has 0 radical (unpaired) electrons. The fourth-order valence-electron chi connectivity index (χ4n) is 4.29. The van der Waals surface area contributed by atoms with Crippen LogP contribution in [-0.4, -0.2) is 33.9 Å². The van der Waals surface area contributed by atoms with Crippen molar-refractivity contribution in [2.24, 2.45) is 5.92 Å². The van der Waals surface area contributed by atoms with E-state index in [9.17, 15) is 4.79 Å². The van der Waals surface area contributed by atoms with Gasteiger partial charge in [0.15, 0.2) is 5.13 Å². The maximum atomic E-state index is 14.0. The second kappa shape index (κ2) is 9.27. The lowest BCUT2D eigenvalue weighted by molar-refractivity contribution is -0.121. The van der Waals surface area contributed by atoms with Crippen molar-refractivity contribution in [3.8, 4) is 0 Å². The van der Waals surface area contributed by atoms with Gasteiger partial charge in [-0.2, -0.15) is 0 Å². The summed E-state index contributed by atoms with van der Waals surface area (Å²) in [4.78, 5) is 31.5. The lowest BCUT2D eigenvalue weighted by Gasteiger charge is -2.34. The molecule has 1 fully saturated rings. The molecule has 168 valence electrons. The van der Waals surface area contributed by atoms with Gasteiger partial charge >= 0.3 is 0 Å². The van der Waals surface area contributed by atoms with E-state index < -0.39 is 0 Å². The van der Waals surface area contributed by atoms with Crippen molar-refractivity contribution in [1.82, 2.24) is 15.0 Å². The highest BCUT2D eigenvalue weighted by molar-refractivity contribution is 7.22. The van der Waals surface area contributed by atoms with Crippen molar-refractivity contribution in [3.05, 3.63) is 72.6 Å². The Bertz CT molecular complexity index is 1210. The standard InChI is InChI=1S/C26H27N5OS/c1-18(2)19-10-12-21(13-11-19)31(26-29-22-8-3-4-9-23(22)33-26)24(32)20-7-5-16-30(17-20)25-27-14-6-15-28-25/h3-4,6,8-15,18,20H,5,7,16-17H2,1-2H3. The maximum absolute atomic E-state index is 14.0. The molecule has 0 saturated carbocycles. The van der Waals surface area contributed by atoms with Crippen LogP contribution in [0.1, 0.15) is 38.2 Å². The van der Waals surface area contributed by atoms with Crippen LogP contribution in [0.5, 0.6) is 0 Å². The summed E-state index contributed by atoms with van der Waals surface area (Å²) in [6, 6.07) is 18.1. The zero-order valence-electron chi connectivity index (χ0n) is 18.9. The highest BCUT2D eigenvalue weighted by Gasteiger charge is 2.33. The molecule has 2 aromatic carbocycles. The second-order valence-corrected chi connectivity index (χ2v) is 9.73. The van der Waals surface area contributed by atoms with Gasteiger partial charge in [-0.05, 0) is 54.7 Å². The van der Waals surface area contributed by atoms with Crippen LogP contribution >= 0.6 is 11.3 Å². The Labute approximate surface area is 197 Å². The number of anilines is 3. The smallest absolute Gasteiger partial charge is 0.238 e. The van der Waals surface area contributed by atoms with E-state index in [4.69, 9.17) is 4.98 Å². The molecule has 6 nitrogen and oxygen atoms in total. The summed E-state index contributed by atoms with van der Waals surface area (Å²) in [5, 5.41) is 0.714. The van der Waals surface area contributed by atoms with E-state index in [0.29, 0.717) is 23.5 Å². The molecule has 0 bridgehead atoms. The minimum absolute atomic E-state index is 0.0759. The van der Waals surface area contributed by atoms with Crippen LogP contribution in [-0.2, 0) is 4.79 Å². The zero-order valence-corrected chi connectivity index (χ0v) is 19.7. The van der Waals surface area contributed by atoms with Gasteiger partial charge in [0.25, 0.3) is 0 Å². The summed E-state index contributed by atoms with van der Waals surface area (Å²) in [6.45, 7) is 5.81. The molecule has 1 aliphatic rings. The molecule has 7 heteroatoms. The molecule has 3 heterocycles. The predicted molar refractivity (Wildman–Crippen MR) is 134 cm³/mol. The molecule has 1 aliphatic heterocycles. The first kappa shape index (κ1) is 21.5. The summed E-state index contributed by atoms with van der Waals surface area (Å²) in [7, 11) is 0. The van der Waals surface area contributed by atoms with Crippen molar-refractivity contribution < 1.29 is 4.79 Å². The fraction of sp³-hybridized carbons (Fsp3) is 0.308. The number of hydrogen-bond donors (Lipinski definition) is 0. The number of aromatic nitrogens is 3. The molecule has 0 aliphatic carbocycles. The van der Waals surface area contributed by atoms with Crippen molar-refractivity contribution >= 4 is 44.2 Å². The van der Waals surface area contributed by atoms with Crippen LogP contribution in [0.15, 0.2) is 67.0 Å². The first-order chi connectivity index (χ1) is 16.1. The zero-order chi connectivity index (χ0) is 22.8. The summed E-state index contributed by atoms with van der Waals surface area (Å²) in [5.41, 5.74) is 3.02. The second-order valence-electron chi connectivity index (χ2n) is 8.72. The Hall–Kier alpha value is -3.32. The number of para-hydroxylation sites is 1. The summed E-state index contributed by atoms with van der Waals surface area (Å²) in [6.07, 6.45) is 5.26. The van der Waals surface area contributed by atoms with Gasteiger partial charge in [-0.1, -0.05) is 49.4 Å². The maximum Gasteiger partial charge on any atom is 0.238 e. The van der Waals surface area contributed by atoms with Crippen LogP contribution in [0, 0.1) is 5.92 Å². The SMILES string of the molecule is CC(C)c1ccc(N(C(=O)C2CCCN(c3ncccn3)C2)c2nc3ccccc3s2)cc1. The van der Waals surface area contributed by atoms with Crippen LogP contribution in [0.2, 0.25) is 0 Å². The van der Waals surface area contributed by atoms with Crippen molar-refractivity contribution in [3.63, 3.8) is 0 Å². The minimum atomic E-state index is -0.153. The summed E-state index contributed by atoms with van der Waals surface area (Å²) >= 11 is 1.56. The average molecular weight is 458 g/mol. The Balaban J connectivity index is 1.50. The number of hydrogen-bond acceptors (Lipinski definition) is 6. The largest absolute Gasteiger partial charge is 0.340 e. The van der Waals surface area contributed by atoms with Gasteiger partial charge in [-0.25, -0.2) is 15.0 Å². The number of rotatable bonds is 5. The number of fused-ring (bicyclic) bond motifs is 1. The Morgan fingerprint density at radius 3 is 2.55 bits per heavy atom. The molecule has 1 amide bonds. The van der Waals surface area contributed by atoms with Gasteiger partial charge in [0.05, 0.1) is 21.8 Å². The average Bonchev–Trinajstić information content (AvgIpc) is 3.29. The molecule has 2 aromatic heterocycles. The number of benzene rings is 2. The van der Waals surface area contributed by atoms with Crippen LogP contribution in [0.4, 0.5) is 16.8 Å². The molecular formula is C26H27N5OS. The highest BCUT2D eigenvalue weighted by atomic mass is 32.1. The van der Waals surface area contributed by atoms with E-state index in [1.165, 1.54) is 5.56 Å². The molecule has 1 unspecified atom stereocenters. The molecule has 1 atom stereocenters. The highest BCUT2D eigenvalue weighted by Crippen LogP contribution is 2.36. The minimum Gasteiger partial charge on any atom is -0.340 e. The number of nitrogens with zero attached hydrogens (tertiary/aromatic N) is 5. The van der Waals surface area contributed by atoms with Gasteiger partial charge in [0.2, 0.25) is 11.9 Å². The van der Waals surface area contributed by atoms with Crippen LogP contribution in [0.25, 0.3) is 10.2 Å².